The summed E-state index contributed by atoms with van der Waals surface area (Å²) in [4.78, 5) is 47.7. The quantitative estimate of drug-likeness (QED) is 0.379. The van der Waals surface area contributed by atoms with Crippen molar-refractivity contribution in [2.45, 2.75) is 52.9 Å². The third-order valence-electron chi connectivity index (χ3n) is 4.39. The van der Waals surface area contributed by atoms with E-state index < -0.39 is 23.8 Å². The summed E-state index contributed by atoms with van der Waals surface area (Å²) in [5, 5.41) is 28.0. The summed E-state index contributed by atoms with van der Waals surface area (Å²) >= 11 is 2.29. The summed E-state index contributed by atoms with van der Waals surface area (Å²) in [6, 6.07) is 0. The number of thiophene rings is 2. The Hall–Kier alpha value is -2.72. The summed E-state index contributed by atoms with van der Waals surface area (Å²) in [6.45, 7) is 5.90. The maximum atomic E-state index is 12.3. The zero-order valence-corrected chi connectivity index (χ0v) is 19.2. The van der Waals surface area contributed by atoms with Crippen molar-refractivity contribution in [3.63, 3.8) is 0 Å². The number of hydrogen-bond acceptors (Lipinski definition) is 6. The van der Waals surface area contributed by atoms with Crippen molar-refractivity contribution in [2.75, 3.05) is 10.6 Å². The molecule has 2 heterocycles. The average Bonchev–Trinajstić information content (AvgIpc) is 3.24. The van der Waals surface area contributed by atoms with Gasteiger partial charge in [0, 0.05) is 12.8 Å². The van der Waals surface area contributed by atoms with Crippen molar-refractivity contribution in [3.8, 4) is 0 Å². The molecule has 2 rings (SSSR count). The lowest BCUT2D eigenvalue weighted by Gasteiger charge is -2.08. The molecule has 2 amide bonds. The molecule has 10 heteroatoms. The van der Waals surface area contributed by atoms with Crippen molar-refractivity contribution in [3.05, 3.63) is 33.0 Å². The maximum Gasteiger partial charge on any atom is 0.338 e. The van der Waals surface area contributed by atoms with Crippen molar-refractivity contribution >= 4 is 56.4 Å². The number of carbonyl (C=O) groups is 4. The van der Waals surface area contributed by atoms with Crippen molar-refractivity contribution in [1.82, 2.24) is 0 Å². The van der Waals surface area contributed by atoms with Crippen LogP contribution < -0.4 is 10.6 Å². The molecule has 0 aliphatic rings. The Balaban J connectivity index is 1.98. The predicted molar refractivity (Wildman–Crippen MR) is 122 cm³/mol. The van der Waals surface area contributed by atoms with E-state index in [-0.39, 0.29) is 39.9 Å². The topological polar surface area (TPSA) is 133 Å². The van der Waals surface area contributed by atoms with Gasteiger partial charge in [0.15, 0.2) is 0 Å². The number of carboxylic acids is 2. The van der Waals surface area contributed by atoms with Gasteiger partial charge in [0.05, 0.1) is 11.1 Å². The fourth-order valence-electron chi connectivity index (χ4n) is 3.09. The summed E-state index contributed by atoms with van der Waals surface area (Å²) < 4.78 is 0. The molecule has 0 fully saturated rings. The third-order valence-corrected chi connectivity index (χ3v) is 6.28. The first-order valence-corrected chi connectivity index (χ1v) is 11.7. The van der Waals surface area contributed by atoms with Crippen LogP contribution in [0.2, 0.25) is 0 Å². The molecule has 0 unspecified atom stereocenters. The van der Waals surface area contributed by atoms with E-state index in [0.717, 1.165) is 29.1 Å². The molecular weight excluding hydrogens is 440 g/mol. The molecule has 2 aromatic rings. The Bertz CT molecular complexity index is 977. The van der Waals surface area contributed by atoms with Crippen LogP contribution in [-0.4, -0.2) is 34.0 Å². The van der Waals surface area contributed by atoms with Gasteiger partial charge in [-0.3, -0.25) is 9.59 Å². The standard InChI is InChI=1S/C21H26N2O6S2/c1-4-5-12-9-30-18(16(12)20(26)27)22-14(24)6-7-15(25)23-19-17(21(28)29)13(10-31-19)8-11(2)3/h9-11H,4-8H2,1-3H3,(H,22,24)(H,23,25)(H,26,27)(H,28,29). The Morgan fingerprint density at radius 1 is 0.871 bits per heavy atom. The molecule has 2 aromatic heterocycles. The highest BCUT2D eigenvalue weighted by molar-refractivity contribution is 7.15. The van der Waals surface area contributed by atoms with Gasteiger partial charge in [0.25, 0.3) is 0 Å². The van der Waals surface area contributed by atoms with Crippen LogP contribution >= 0.6 is 22.7 Å². The highest BCUT2D eigenvalue weighted by Gasteiger charge is 2.22. The minimum absolute atomic E-state index is 0.0876. The zero-order chi connectivity index (χ0) is 23.1. The average molecular weight is 467 g/mol. The summed E-state index contributed by atoms with van der Waals surface area (Å²) in [6.07, 6.45) is 1.66. The molecule has 31 heavy (non-hydrogen) atoms. The van der Waals surface area contributed by atoms with E-state index in [1.807, 2.05) is 20.8 Å². The molecule has 0 bridgehead atoms. The van der Waals surface area contributed by atoms with Crippen LogP contribution in [0.25, 0.3) is 0 Å². The lowest BCUT2D eigenvalue weighted by Crippen LogP contribution is -2.18. The number of anilines is 2. The first-order valence-electron chi connectivity index (χ1n) is 9.90. The van der Waals surface area contributed by atoms with Crippen LogP contribution in [0.1, 0.15) is 71.9 Å². The molecule has 8 nitrogen and oxygen atoms in total. The Morgan fingerprint density at radius 2 is 1.32 bits per heavy atom. The maximum absolute atomic E-state index is 12.3. The van der Waals surface area contributed by atoms with Gasteiger partial charge in [0.2, 0.25) is 11.8 Å². The van der Waals surface area contributed by atoms with Crippen molar-refractivity contribution in [2.24, 2.45) is 5.92 Å². The smallest absolute Gasteiger partial charge is 0.338 e. The number of carbonyl (C=O) groups excluding carboxylic acids is 2. The molecule has 0 aliphatic carbocycles. The molecule has 4 N–H and O–H groups in total. The van der Waals surface area contributed by atoms with Crippen LogP contribution in [0, 0.1) is 5.92 Å². The second kappa shape index (κ2) is 11.1. The Morgan fingerprint density at radius 3 is 1.74 bits per heavy atom. The number of hydrogen-bond donors (Lipinski definition) is 4. The van der Waals surface area contributed by atoms with Gasteiger partial charge < -0.3 is 20.8 Å². The van der Waals surface area contributed by atoms with E-state index in [0.29, 0.717) is 24.0 Å². The zero-order valence-electron chi connectivity index (χ0n) is 17.6. The van der Waals surface area contributed by atoms with Gasteiger partial charge >= 0.3 is 11.9 Å². The molecule has 0 aromatic carbocycles. The van der Waals surface area contributed by atoms with Crippen molar-refractivity contribution < 1.29 is 29.4 Å². The Labute approximate surface area is 188 Å². The van der Waals surface area contributed by atoms with Crippen LogP contribution in [-0.2, 0) is 22.4 Å². The first kappa shape index (κ1) is 24.5. The second-order valence-corrected chi connectivity index (χ2v) is 9.24. The highest BCUT2D eigenvalue weighted by Crippen LogP contribution is 2.31. The van der Waals surface area contributed by atoms with E-state index in [1.165, 1.54) is 0 Å². The molecule has 0 saturated heterocycles. The largest absolute Gasteiger partial charge is 0.478 e. The SMILES string of the molecule is CCCc1csc(NC(=O)CCC(=O)Nc2scc(CC(C)C)c2C(=O)O)c1C(=O)O. The van der Waals surface area contributed by atoms with Gasteiger partial charge in [-0.1, -0.05) is 27.2 Å². The van der Waals surface area contributed by atoms with Crippen LogP contribution in [0.4, 0.5) is 10.0 Å². The number of aromatic carboxylic acids is 2. The summed E-state index contributed by atoms with van der Waals surface area (Å²) in [7, 11) is 0. The fraction of sp³-hybridized carbons (Fsp3) is 0.429. The van der Waals surface area contributed by atoms with Gasteiger partial charge in [0.1, 0.15) is 10.0 Å². The van der Waals surface area contributed by atoms with Crippen LogP contribution in [0.3, 0.4) is 0 Å². The van der Waals surface area contributed by atoms with E-state index in [1.54, 1.807) is 10.8 Å². The molecule has 0 spiro atoms. The number of aryl methyl sites for hydroxylation is 1. The molecular formula is C21H26N2O6S2. The summed E-state index contributed by atoms with van der Waals surface area (Å²) in [5.41, 5.74) is 1.52. The van der Waals surface area contributed by atoms with E-state index in [9.17, 15) is 29.4 Å². The van der Waals surface area contributed by atoms with Gasteiger partial charge in [-0.05, 0) is 40.6 Å². The van der Waals surface area contributed by atoms with Crippen molar-refractivity contribution in [1.29, 1.82) is 0 Å². The number of rotatable bonds is 11. The minimum Gasteiger partial charge on any atom is -0.478 e. The molecule has 0 radical (unpaired) electrons. The Kier molecular flexibility index (Phi) is 8.76. The second-order valence-electron chi connectivity index (χ2n) is 7.48. The molecule has 168 valence electrons. The van der Waals surface area contributed by atoms with Crippen LogP contribution in [0.5, 0.6) is 0 Å². The van der Waals surface area contributed by atoms with E-state index in [2.05, 4.69) is 10.6 Å². The van der Waals surface area contributed by atoms with E-state index >= 15 is 0 Å². The fourth-order valence-corrected chi connectivity index (χ4v) is 5.08. The minimum atomic E-state index is -1.10. The van der Waals surface area contributed by atoms with Gasteiger partial charge in [-0.25, -0.2) is 9.59 Å². The monoisotopic (exact) mass is 466 g/mol. The first-order chi connectivity index (χ1) is 14.6. The molecule has 0 aliphatic heterocycles. The van der Waals surface area contributed by atoms with Gasteiger partial charge in [-0.2, -0.15) is 0 Å². The summed E-state index contributed by atoms with van der Waals surface area (Å²) in [5.74, 6) is -2.90. The highest BCUT2D eigenvalue weighted by atomic mass is 32.1. The molecule has 0 saturated carbocycles. The lowest BCUT2D eigenvalue weighted by molar-refractivity contribution is -0.121. The number of amides is 2. The molecule has 0 atom stereocenters. The van der Waals surface area contributed by atoms with E-state index in [4.69, 9.17) is 0 Å². The predicted octanol–water partition coefficient (Wildman–Crippen LogP) is 4.71. The normalized spacial score (nSPS) is 10.8. The van der Waals surface area contributed by atoms with Crippen LogP contribution in [0.15, 0.2) is 10.8 Å². The third kappa shape index (κ3) is 6.63. The number of nitrogens with one attached hydrogen (secondary N) is 2. The lowest BCUT2D eigenvalue weighted by atomic mass is 10.0. The number of carboxylic acid groups (broad SMARTS) is 2. The van der Waals surface area contributed by atoms with Gasteiger partial charge in [-0.15, -0.1) is 22.7 Å².